The van der Waals surface area contributed by atoms with Crippen LogP contribution in [-0.2, 0) is 72.3 Å². The van der Waals surface area contributed by atoms with Gasteiger partial charge in [0.25, 0.3) is 0 Å². The highest BCUT2D eigenvalue weighted by molar-refractivity contribution is 6.17. The van der Waals surface area contributed by atoms with E-state index in [1.807, 2.05) is 0 Å². The van der Waals surface area contributed by atoms with Gasteiger partial charge in [0.05, 0.1) is 33.0 Å². The molecule has 19 heteroatoms. The Morgan fingerprint density at radius 1 is 0.526 bits per heavy atom. The van der Waals surface area contributed by atoms with Crippen molar-refractivity contribution in [3.63, 3.8) is 0 Å². The van der Waals surface area contributed by atoms with Gasteiger partial charge in [0.1, 0.15) is 66.2 Å². The average molecular weight is 811 g/mol. The smallest absolute Gasteiger partial charge is 0.345 e. The van der Waals surface area contributed by atoms with Crippen molar-refractivity contribution in [2.45, 2.75) is 68.3 Å². The van der Waals surface area contributed by atoms with Crippen LogP contribution >= 0.6 is 0 Å². The van der Waals surface area contributed by atoms with E-state index in [4.69, 9.17) is 43.2 Å². The first kappa shape index (κ1) is 52.8. The molecule has 0 spiro atoms. The number of aliphatic hydroxyl groups excluding tert-OH is 3. The molecule has 0 unspecified atom stereocenters. The Balaban J connectivity index is 0. The van der Waals surface area contributed by atoms with Crippen LogP contribution in [0.2, 0.25) is 0 Å². The van der Waals surface area contributed by atoms with Crippen molar-refractivity contribution in [2.24, 2.45) is 0 Å². The number of esters is 5. The van der Waals surface area contributed by atoms with E-state index < -0.39 is 41.4 Å². The maximum Gasteiger partial charge on any atom is 0.345 e. The molecular weight excluding hydrogens is 760 g/mol. The standard InChI is InChI=1S/C13H16O6.C11H12O6.C7H12O4.C6H6O3.CH4/c1-3-17-12(15)11(13(16)18-4-2)7-9-5-6-10(8-14)19-9;1-2-16-11(15)9(10(13)14)5-7-3-4-8(6-12)17-7;1-3-10-6(8)5-7(9)11-4-2;7-3-5-1-2-6(4-8)9-5;/h5-7,14H,3-4,8H2,1-2H3;3-5,12H,2,6H2,1H3,(H,13,14);3-5H2,1-2H3;1-3,8H,4H2;1H4/b;9-5+;;;. The summed E-state index contributed by atoms with van der Waals surface area (Å²) in [6, 6.07) is 9.08. The number of aliphatic carboxylic acids is 1. The van der Waals surface area contributed by atoms with Gasteiger partial charge in [-0.2, -0.15) is 0 Å². The van der Waals surface area contributed by atoms with E-state index in [2.05, 4.69) is 14.2 Å². The molecule has 0 aliphatic heterocycles. The molecule has 0 saturated carbocycles. The maximum absolute atomic E-state index is 11.7. The van der Waals surface area contributed by atoms with E-state index in [-0.39, 0.29) is 95.3 Å². The highest BCUT2D eigenvalue weighted by atomic mass is 16.6. The molecule has 0 saturated heterocycles. The molecule has 0 radical (unpaired) electrons. The Bertz CT molecular complexity index is 1700. The summed E-state index contributed by atoms with van der Waals surface area (Å²) in [7, 11) is 0. The van der Waals surface area contributed by atoms with Crippen molar-refractivity contribution in [2.75, 3.05) is 33.0 Å². The second-order valence-electron chi connectivity index (χ2n) is 9.87. The molecule has 0 atom stereocenters. The van der Waals surface area contributed by atoms with Gasteiger partial charge >= 0.3 is 35.8 Å². The highest BCUT2D eigenvalue weighted by Crippen LogP contribution is 2.15. The third-order valence-corrected chi connectivity index (χ3v) is 5.82. The van der Waals surface area contributed by atoms with Crippen LogP contribution in [-0.4, -0.2) is 95.6 Å². The first-order chi connectivity index (χ1) is 26.8. The highest BCUT2D eigenvalue weighted by Gasteiger charge is 2.22. The number of ether oxygens (including phenoxy) is 5. The van der Waals surface area contributed by atoms with Gasteiger partial charge < -0.3 is 57.4 Å². The van der Waals surface area contributed by atoms with Crippen molar-refractivity contribution in [1.82, 2.24) is 0 Å². The number of aliphatic hydroxyl groups is 3. The van der Waals surface area contributed by atoms with E-state index >= 15 is 0 Å². The summed E-state index contributed by atoms with van der Waals surface area (Å²) in [4.78, 5) is 76.6. The fourth-order valence-corrected chi connectivity index (χ4v) is 3.52. The maximum atomic E-state index is 11.7. The number of carbonyl (C=O) groups is 7. The Morgan fingerprint density at radius 3 is 1.12 bits per heavy atom. The van der Waals surface area contributed by atoms with Gasteiger partial charge in [0.2, 0.25) is 0 Å². The minimum absolute atomic E-state index is 0. The van der Waals surface area contributed by atoms with Crippen LogP contribution in [0.1, 0.15) is 87.8 Å². The van der Waals surface area contributed by atoms with Gasteiger partial charge in [-0.25, -0.2) is 19.2 Å². The molecule has 3 rings (SSSR count). The van der Waals surface area contributed by atoms with Crippen molar-refractivity contribution >= 4 is 54.3 Å². The Labute approximate surface area is 328 Å². The van der Waals surface area contributed by atoms with Gasteiger partial charge in [-0.1, -0.05) is 7.43 Å². The number of hydrogen-bond donors (Lipinski definition) is 4. The van der Waals surface area contributed by atoms with E-state index in [0.29, 0.717) is 17.8 Å². The largest absolute Gasteiger partial charge is 0.477 e. The first-order valence-electron chi connectivity index (χ1n) is 16.8. The molecule has 0 amide bonds. The van der Waals surface area contributed by atoms with Gasteiger partial charge in [-0.05, 0) is 71.0 Å². The molecule has 0 aliphatic carbocycles. The number of carboxylic acids is 1. The van der Waals surface area contributed by atoms with Crippen LogP contribution in [0.4, 0.5) is 0 Å². The van der Waals surface area contributed by atoms with Crippen LogP contribution in [0.3, 0.4) is 0 Å². The second kappa shape index (κ2) is 31.0. The summed E-state index contributed by atoms with van der Waals surface area (Å²) in [6.45, 7) is 8.46. The SMILES string of the molecule is C.CCOC(=O)/C(=C/c1ccc(CO)o1)C(=O)O.CCOC(=O)C(=Cc1ccc(CO)o1)C(=O)OCC.CCOC(=O)CC(=O)OCC.O=Cc1ccc(CO)o1. The van der Waals surface area contributed by atoms with Gasteiger partial charge in [0.15, 0.2) is 12.0 Å². The summed E-state index contributed by atoms with van der Waals surface area (Å²) >= 11 is 0. The zero-order valence-corrected chi connectivity index (χ0v) is 31.5. The fourth-order valence-electron chi connectivity index (χ4n) is 3.52. The minimum atomic E-state index is -1.40. The quantitative estimate of drug-likeness (QED) is 0.0376. The van der Waals surface area contributed by atoms with E-state index in [9.17, 15) is 33.6 Å². The lowest BCUT2D eigenvalue weighted by Crippen LogP contribution is -2.18. The molecule has 19 nitrogen and oxygen atoms in total. The van der Waals surface area contributed by atoms with Gasteiger partial charge in [-0.3, -0.25) is 14.4 Å². The molecule has 0 fully saturated rings. The van der Waals surface area contributed by atoms with E-state index in [1.54, 1.807) is 46.8 Å². The molecule has 0 aromatic carbocycles. The zero-order valence-electron chi connectivity index (χ0n) is 31.5. The summed E-state index contributed by atoms with van der Waals surface area (Å²) in [5, 5.41) is 34.9. The van der Waals surface area contributed by atoms with Crippen LogP contribution in [0.15, 0.2) is 60.8 Å². The number of rotatable bonds is 17. The molecule has 3 aromatic heterocycles. The van der Waals surface area contributed by atoms with Crippen molar-refractivity contribution < 1.29 is 90.9 Å². The Hall–Kier alpha value is -6.31. The van der Waals surface area contributed by atoms with E-state index in [1.165, 1.54) is 30.3 Å². The van der Waals surface area contributed by atoms with Crippen LogP contribution in [0.25, 0.3) is 12.2 Å². The van der Waals surface area contributed by atoms with Crippen molar-refractivity contribution in [3.8, 4) is 0 Å². The van der Waals surface area contributed by atoms with Gasteiger partial charge in [0, 0.05) is 12.2 Å². The summed E-state index contributed by atoms with van der Waals surface area (Å²) in [6.07, 6.45) is 2.59. The normalized spacial score (nSPS) is 9.86. The van der Waals surface area contributed by atoms with Crippen molar-refractivity contribution in [1.29, 1.82) is 0 Å². The summed E-state index contributed by atoms with van der Waals surface area (Å²) < 4.78 is 38.2. The number of aldehydes is 1. The van der Waals surface area contributed by atoms with Crippen LogP contribution < -0.4 is 0 Å². The third kappa shape index (κ3) is 22.0. The monoisotopic (exact) mass is 810 g/mol. The Kier molecular flexibility index (Phi) is 28.7. The number of hydrogen-bond acceptors (Lipinski definition) is 18. The Morgan fingerprint density at radius 2 is 0.842 bits per heavy atom. The minimum Gasteiger partial charge on any atom is -0.477 e. The topological polar surface area (TPSA) is 286 Å². The summed E-state index contributed by atoms with van der Waals surface area (Å²) in [5.74, 6) is -3.24. The lowest BCUT2D eigenvalue weighted by Gasteiger charge is -2.05. The molecule has 0 bridgehead atoms. The lowest BCUT2D eigenvalue weighted by molar-refractivity contribution is -0.154. The first-order valence-corrected chi connectivity index (χ1v) is 16.8. The van der Waals surface area contributed by atoms with Gasteiger partial charge in [-0.15, -0.1) is 0 Å². The van der Waals surface area contributed by atoms with Crippen LogP contribution in [0, 0.1) is 0 Å². The predicted octanol–water partition coefficient (Wildman–Crippen LogP) is 3.81. The molecule has 0 aliphatic rings. The van der Waals surface area contributed by atoms with Crippen LogP contribution in [0.5, 0.6) is 0 Å². The fraction of sp³-hybridized carbons (Fsp3) is 0.395. The molecule has 3 aromatic rings. The average Bonchev–Trinajstić information content (AvgIpc) is 3.95. The molecule has 57 heavy (non-hydrogen) atoms. The lowest BCUT2D eigenvalue weighted by atomic mass is 10.2. The molecule has 4 N–H and O–H groups in total. The molecule has 316 valence electrons. The molecular formula is C38H50O19. The molecule has 3 heterocycles. The number of carboxylic acid groups (broad SMARTS) is 1. The van der Waals surface area contributed by atoms with Crippen molar-refractivity contribution in [3.05, 3.63) is 82.1 Å². The van der Waals surface area contributed by atoms with E-state index in [0.717, 1.165) is 6.08 Å². The third-order valence-electron chi connectivity index (χ3n) is 5.82. The second-order valence-corrected chi connectivity index (χ2v) is 9.87. The summed E-state index contributed by atoms with van der Waals surface area (Å²) in [5.41, 5.74) is -0.770. The predicted molar refractivity (Wildman–Crippen MR) is 197 cm³/mol. The number of carbonyl (C=O) groups excluding carboxylic acids is 6. The zero-order chi connectivity index (χ0) is 42.5. The number of furan rings is 3.